The molecule has 2 aromatic rings. The first kappa shape index (κ1) is 20.4. The van der Waals surface area contributed by atoms with Crippen LogP contribution in [0.3, 0.4) is 0 Å². The van der Waals surface area contributed by atoms with Crippen LogP contribution in [0.25, 0.3) is 0 Å². The Morgan fingerprint density at radius 2 is 1.68 bits per heavy atom. The molecule has 1 amide bonds. The lowest BCUT2D eigenvalue weighted by atomic mass is 9.88. The normalized spacial score (nSPS) is 21.6. The van der Waals surface area contributed by atoms with Gasteiger partial charge in [-0.2, -0.15) is 0 Å². The largest absolute Gasteiger partial charge is 0.489 e. The van der Waals surface area contributed by atoms with Crippen LogP contribution in [0.4, 0.5) is 5.69 Å². The van der Waals surface area contributed by atoms with Crippen molar-refractivity contribution in [2.45, 2.75) is 56.8 Å². The van der Waals surface area contributed by atoms with Gasteiger partial charge in [0.15, 0.2) is 0 Å². The molecule has 0 unspecified atom stereocenters. The Kier molecular flexibility index (Phi) is 5.86. The molecule has 3 fully saturated rings. The van der Waals surface area contributed by atoms with Gasteiger partial charge in [0, 0.05) is 24.8 Å². The van der Waals surface area contributed by atoms with E-state index in [1.54, 1.807) is 0 Å². The smallest absolute Gasteiger partial charge is 0.248 e. The Balaban J connectivity index is 1.16. The van der Waals surface area contributed by atoms with Gasteiger partial charge in [-0.25, -0.2) is 0 Å². The second-order valence-corrected chi connectivity index (χ2v) is 9.19. The Morgan fingerprint density at radius 3 is 2.39 bits per heavy atom. The van der Waals surface area contributed by atoms with Crippen LogP contribution in [0.5, 0.6) is 5.75 Å². The number of hydrogen-bond donors (Lipinski definition) is 0. The molecule has 1 spiro atoms. The third kappa shape index (κ3) is 4.57. The van der Waals surface area contributed by atoms with Gasteiger partial charge in [-0.1, -0.05) is 43.2 Å². The molecule has 1 saturated carbocycles. The van der Waals surface area contributed by atoms with Crippen LogP contribution >= 0.6 is 0 Å². The predicted molar refractivity (Wildman–Crippen MR) is 121 cm³/mol. The molecule has 0 radical (unpaired) electrons. The van der Waals surface area contributed by atoms with Crippen molar-refractivity contribution in [1.29, 1.82) is 0 Å². The van der Waals surface area contributed by atoms with E-state index in [2.05, 4.69) is 46.2 Å². The topological polar surface area (TPSA) is 42.0 Å². The predicted octanol–water partition coefficient (Wildman–Crippen LogP) is 4.41. The fourth-order valence-corrected chi connectivity index (χ4v) is 5.26. The molecule has 1 aliphatic carbocycles. The van der Waals surface area contributed by atoms with Crippen LogP contribution in [-0.4, -0.2) is 48.7 Å². The number of anilines is 1. The summed E-state index contributed by atoms with van der Waals surface area (Å²) in [5.74, 6) is 1.08. The summed E-state index contributed by atoms with van der Waals surface area (Å²) < 4.78 is 12.1. The van der Waals surface area contributed by atoms with Crippen LogP contribution < -0.4 is 9.64 Å². The lowest BCUT2D eigenvalue weighted by Crippen LogP contribution is -2.60. The molecule has 164 valence electrons. The number of ether oxygens (including phenoxy) is 2. The molecule has 3 aliphatic rings. The molecule has 0 atom stereocenters. The molecule has 2 aromatic carbocycles. The van der Waals surface area contributed by atoms with Crippen molar-refractivity contribution in [3.05, 3.63) is 60.2 Å². The van der Waals surface area contributed by atoms with Gasteiger partial charge in [0.1, 0.15) is 19.0 Å². The van der Waals surface area contributed by atoms with E-state index in [-0.39, 0.29) is 18.1 Å². The van der Waals surface area contributed by atoms with Crippen LogP contribution in [0.15, 0.2) is 54.6 Å². The fraction of sp³-hybridized carbons (Fsp3) is 0.500. The molecular weight excluding hydrogens is 388 g/mol. The highest BCUT2D eigenvalue weighted by atomic mass is 16.5. The zero-order valence-corrected chi connectivity index (χ0v) is 18.2. The number of hydrogen-bond acceptors (Lipinski definition) is 4. The lowest BCUT2D eigenvalue weighted by Gasteiger charge is -2.49. The van der Waals surface area contributed by atoms with Crippen molar-refractivity contribution in [2.75, 3.05) is 31.1 Å². The van der Waals surface area contributed by atoms with Gasteiger partial charge in [0.05, 0.1) is 12.1 Å². The van der Waals surface area contributed by atoms with Crippen LogP contribution in [0.2, 0.25) is 0 Å². The van der Waals surface area contributed by atoms with Gasteiger partial charge in [0.25, 0.3) is 0 Å². The van der Waals surface area contributed by atoms with E-state index in [1.165, 1.54) is 24.1 Å². The summed E-state index contributed by atoms with van der Waals surface area (Å²) >= 11 is 0. The summed E-state index contributed by atoms with van der Waals surface area (Å²) in [6, 6.07) is 19.1. The molecule has 0 N–H and O–H groups in total. The monoisotopic (exact) mass is 420 g/mol. The Labute approximate surface area is 184 Å². The Bertz CT molecular complexity index is 869. The minimum atomic E-state index is -0.161. The SMILES string of the molecule is O=C1COC2(CCN(c3ccc(OCc4ccccc4)cc3)CC2)CN1C1CCCC1. The quantitative estimate of drug-likeness (QED) is 0.719. The average molecular weight is 421 g/mol. The molecule has 31 heavy (non-hydrogen) atoms. The van der Waals surface area contributed by atoms with Crippen molar-refractivity contribution >= 4 is 11.6 Å². The van der Waals surface area contributed by atoms with E-state index in [1.807, 2.05) is 18.2 Å². The molecular formula is C26H32N2O3. The maximum Gasteiger partial charge on any atom is 0.248 e. The van der Waals surface area contributed by atoms with E-state index in [0.717, 1.165) is 51.1 Å². The zero-order chi connectivity index (χ0) is 21.1. The van der Waals surface area contributed by atoms with E-state index in [9.17, 15) is 4.79 Å². The minimum absolute atomic E-state index is 0.161. The van der Waals surface area contributed by atoms with Crippen molar-refractivity contribution in [3.8, 4) is 5.75 Å². The summed E-state index contributed by atoms with van der Waals surface area (Å²) in [5, 5.41) is 0. The van der Waals surface area contributed by atoms with Gasteiger partial charge < -0.3 is 19.3 Å². The fourth-order valence-electron chi connectivity index (χ4n) is 5.26. The third-order valence-corrected chi connectivity index (χ3v) is 7.17. The number of carbonyl (C=O) groups is 1. The number of nitrogens with zero attached hydrogens (tertiary/aromatic N) is 2. The Morgan fingerprint density at radius 1 is 0.968 bits per heavy atom. The number of carbonyl (C=O) groups excluding carboxylic acids is 1. The molecule has 5 rings (SSSR count). The highest BCUT2D eigenvalue weighted by Crippen LogP contribution is 2.35. The summed E-state index contributed by atoms with van der Waals surface area (Å²) in [6.07, 6.45) is 6.76. The van der Waals surface area contributed by atoms with Crippen molar-refractivity contribution in [3.63, 3.8) is 0 Å². The second kappa shape index (κ2) is 8.91. The number of morpholine rings is 1. The van der Waals surface area contributed by atoms with Crippen LogP contribution in [-0.2, 0) is 16.1 Å². The molecule has 0 bridgehead atoms. The maximum absolute atomic E-state index is 12.4. The summed E-state index contributed by atoms with van der Waals surface area (Å²) in [4.78, 5) is 17.0. The van der Waals surface area contributed by atoms with Crippen LogP contribution in [0.1, 0.15) is 44.1 Å². The second-order valence-electron chi connectivity index (χ2n) is 9.19. The van der Waals surface area contributed by atoms with Gasteiger partial charge in [-0.15, -0.1) is 0 Å². The first-order valence-electron chi connectivity index (χ1n) is 11.7. The number of rotatable bonds is 5. The highest BCUT2D eigenvalue weighted by Gasteiger charge is 2.44. The maximum atomic E-state index is 12.4. The number of benzene rings is 2. The van der Waals surface area contributed by atoms with Gasteiger partial charge >= 0.3 is 0 Å². The standard InChI is InChI=1S/C26H32N2O3/c29-25-19-31-26(20-28(25)23-8-4-5-9-23)14-16-27(17-15-26)22-10-12-24(13-11-22)30-18-21-6-2-1-3-7-21/h1-3,6-7,10-13,23H,4-5,8-9,14-20H2. The summed E-state index contributed by atoms with van der Waals surface area (Å²) in [7, 11) is 0. The van der Waals surface area contributed by atoms with Gasteiger partial charge in [0.2, 0.25) is 5.91 Å². The minimum Gasteiger partial charge on any atom is -0.489 e. The van der Waals surface area contributed by atoms with Crippen molar-refractivity contribution in [1.82, 2.24) is 4.90 Å². The summed E-state index contributed by atoms with van der Waals surface area (Å²) in [6.45, 7) is 3.52. The molecule has 2 saturated heterocycles. The van der Waals surface area contributed by atoms with Crippen molar-refractivity contribution < 1.29 is 14.3 Å². The van der Waals surface area contributed by atoms with E-state index >= 15 is 0 Å². The van der Waals surface area contributed by atoms with Gasteiger partial charge in [-0.3, -0.25) is 4.79 Å². The summed E-state index contributed by atoms with van der Waals surface area (Å²) in [5.41, 5.74) is 2.23. The Hall–Kier alpha value is -2.53. The lowest BCUT2D eigenvalue weighted by molar-refractivity contribution is -0.171. The van der Waals surface area contributed by atoms with Crippen LogP contribution in [0, 0.1) is 0 Å². The zero-order valence-electron chi connectivity index (χ0n) is 18.2. The molecule has 5 nitrogen and oxygen atoms in total. The number of piperidine rings is 1. The third-order valence-electron chi connectivity index (χ3n) is 7.17. The van der Waals surface area contributed by atoms with E-state index in [0.29, 0.717) is 12.6 Å². The molecule has 0 aromatic heterocycles. The average Bonchev–Trinajstić information content (AvgIpc) is 3.36. The molecule has 5 heteroatoms. The van der Waals surface area contributed by atoms with Gasteiger partial charge in [-0.05, 0) is 55.5 Å². The van der Waals surface area contributed by atoms with Crippen molar-refractivity contribution in [2.24, 2.45) is 0 Å². The number of amides is 1. The first-order chi connectivity index (χ1) is 15.2. The first-order valence-corrected chi connectivity index (χ1v) is 11.7. The van der Waals surface area contributed by atoms with E-state index in [4.69, 9.17) is 9.47 Å². The molecule has 2 heterocycles. The highest BCUT2D eigenvalue weighted by molar-refractivity contribution is 5.78. The van der Waals surface area contributed by atoms with E-state index < -0.39 is 0 Å². The molecule has 2 aliphatic heterocycles.